The predicted octanol–water partition coefficient (Wildman–Crippen LogP) is 4.94. The standard InChI is InChI=1S/C13H27.C8H6N5O2.Sn/c1-4-7-10-13(11-8-5-2)12-9-6-3;1-6-4-10-11-12(6)7-2-3-8(9-5-7)13(14)15;/h4-12H2,1-3H3;2-3,5H,1H3;. The third-order valence-electron chi connectivity index (χ3n) is 5.47. The first-order valence-corrected chi connectivity index (χ1v) is 13.6. The molecule has 158 valence electrons. The molecule has 0 aliphatic heterocycles. The van der Waals surface area contributed by atoms with Gasteiger partial charge in [-0.15, -0.1) is 0 Å². The molecule has 0 saturated heterocycles. The van der Waals surface area contributed by atoms with Gasteiger partial charge >= 0.3 is 184 Å². The van der Waals surface area contributed by atoms with Crippen molar-refractivity contribution in [1.29, 1.82) is 0 Å². The summed E-state index contributed by atoms with van der Waals surface area (Å²) in [4.78, 5) is 14.3. The summed E-state index contributed by atoms with van der Waals surface area (Å²) in [5.74, 6) is -0.152. The van der Waals surface area contributed by atoms with Crippen molar-refractivity contribution in [3.8, 4) is 5.69 Å². The Morgan fingerprint density at radius 2 is 1.66 bits per heavy atom. The van der Waals surface area contributed by atoms with Crippen LogP contribution in [0.25, 0.3) is 5.69 Å². The number of hydrogen-bond acceptors (Lipinski definition) is 5. The second kappa shape index (κ2) is 11.6. The van der Waals surface area contributed by atoms with Crippen LogP contribution in [-0.2, 0) is 0 Å². The fourth-order valence-electron chi connectivity index (χ4n) is 3.66. The zero-order chi connectivity index (χ0) is 21.3. The van der Waals surface area contributed by atoms with Crippen molar-refractivity contribution in [2.45, 2.75) is 88.9 Å². The quantitative estimate of drug-likeness (QED) is 0.218. The molecule has 0 saturated carbocycles. The van der Waals surface area contributed by atoms with Crippen LogP contribution in [0, 0.1) is 17.0 Å². The molecular weight excluding hydrogens is 473 g/mol. The summed E-state index contributed by atoms with van der Waals surface area (Å²) in [6.07, 6.45) is 13.0. The molecule has 0 fully saturated rings. The topological polar surface area (TPSA) is 86.7 Å². The number of hydrogen-bond donors (Lipinski definition) is 0. The maximum atomic E-state index is 10.9. The molecule has 0 aliphatic carbocycles. The van der Waals surface area contributed by atoms with Crippen molar-refractivity contribution >= 4 is 30.7 Å². The molecule has 7 nitrogen and oxygen atoms in total. The fourth-order valence-corrected chi connectivity index (χ4v) is 8.77. The van der Waals surface area contributed by atoms with Gasteiger partial charge < -0.3 is 0 Å². The van der Waals surface area contributed by atoms with E-state index in [2.05, 4.69) is 43.0 Å². The van der Waals surface area contributed by atoms with Gasteiger partial charge in [-0.3, -0.25) is 0 Å². The third-order valence-corrected chi connectivity index (χ3v) is 11.1. The molecule has 0 spiro atoms. The summed E-state index contributed by atoms with van der Waals surface area (Å²) in [6, 6.07) is 3.12. The molecule has 2 radical (unpaired) electrons. The Morgan fingerprint density at radius 1 is 1.07 bits per heavy atom. The first-order chi connectivity index (χ1) is 14.0. The van der Waals surface area contributed by atoms with Crippen LogP contribution >= 0.6 is 0 Å². The summed E-state index contributed by atoms with van der Waals surface area (Å²) in [6.45, 7) is 8.90. The average molecular weight is 506 g/mol. The van der Waals surface area contributed by atoms with Crippen LogP contribution in [-0.4, -0.2) is 46.0 Å². The van der Waals surface area contributed by atoms with Crippen molar-refractivity contribution in [2.75, 3.05) is 0 Å². The Kier molecular flexibility index (Phi) is 9.52. The van der Waals surface area contributed by atoms with Gasteiger partial charge in [0, 0.05) is 0 Å². The predicted molar refractivity (Wildman–Crippen MR) is 117 cm³/mol. The molecule has 0 N–H and O–H groups in total. The van der Waals surface area contributed by atoms with Gasteiger partial charge in [0.05, 0.1) is 0 Å². The second-order valence-corrected chi connectivity index (χ2v) is 12.9. The number of pyridine rings is 1. The number of nitrogens with zero attached hydrogens (tertiary/aromatic N) is 5. The van der Waals surface area contributed by atoms with Crippen LogP contribution in [0.5, 0.6) is 0 Å². The van der Waals surface area contributed by atoms with Crippen LogP contribution in [0.3, 0.4) is 0 Å². The first kappa shape index (κ1) is 23.8. The SMILES string of the molecule is CCCC[C](CCCC)(CCCC)[Sn][c]1nnn(-c2ccc([N+](=O)[O-])nc2)c1C. The van der Waals surface area contributed by atoms with E-state index in [1.807, 2.05) is 0 Å². The average Bonchev–Trinajstić information content (AvgIpc) is 3.09. The molecule has 2 aromatic heterocycles. The Morgan fingerprint density at radius 3 is 2.10 bits per heavy atom. The number of nitro groups is 1. The molecule has 0 amide bonds. The Bertz CT molecular complexity index is 754. The van der Waals surface area contributed by atoms with Gasteiger partial charge in [-0.25, -0.2) is 0 Å². The van der Waals surface area contributed by atoms with Gasteiger partial charge in [-0.1, -0.05) is 0 Å². The molecule has 29 heavy (non-hydrogen) atoms. The van der Waals surface area contributed by atoms with Crippen molar-refractivity contribution in [3.05, 3.63) is 34.1 Å². The van der Waals surface area contributed by atoms with Crippen LogP contribution < -0.4 is 3.71 Å². The Labute approximate surface area is 184 Å². The monoisotopic (exact) mass is 507 g/mol. The maximum absolute atomic E-state index is 10.9. The second-order valence-electron chi connectivity index (χ2n) is 7.78. The first-order valence-electron chi connectivity index (χ1n) is 10.8. The van der Waals surface area contributed by atoms with Gasteiger partial charge in [0.2, 0.25) is 0 Å². The number of unbranched alkanes of at least 4 members (excludes halogenated alkanes) is 3. The van der Waals surface area contributed by atoms with E-state index in [9.17, 15) is 10.1 Å². The van der Waals surface area contributed by atoms with Crippen molar-refractivity contribution in [3.63, 3.8) is 0 Å². The van der Waals surface area contributed by atoms with Crippen LogP contribution in [0.2, 0.25) is 3.43 Å². The van der Waals surface area contributed by atoms with Gasteiger partial charge in [-0.05, 0) is 0 Å². The zero-order valence-electron chi connectivity index (χ0n) is 18.1. The molecule has 0 bridgehead atoms. The van der Waals surface area contributed by atoms with E-state index in [4.69, 9.17) is 0 Å². The molecule has 0 aliphatic rings. The van der Waals surface area contributed by atoms with Gasteiger partial charge in [0.1, 0.15) is 0 Å². The minimum absolute atomic E-state index is 0.152. The number of aromatic nitrogens is 4. The molecule has 0 unspecified atom stereocenters. The van der Waals surface area contributed by atoms with Crippen LogP contribution in [0.15, 0.2) is 18.3 Å². The molecule has 0 aromatic carbocycles. The van der Waals surface area contributed by atoms with E-state index in [-0.39, 0.29) is 5.82 Å². The normalized spacial score (nSPS) is 11.7. The summed E-state index contributed by atoms with van der Waals surface area (Å²) in [7, 11) is 0. The number of rotatable bonds is 13. The van der Waals surface area contributed by atoms with E-state index in [0.29, 0.717) is 3.43 Å². The van der Waals surface area contributed by atoms with E-state index < -0.39 is 26.1 Å². The summed E-state index contributed by atoms with van der Waals surface area (Å²) in [5, 5.41) is 19.8. The van der Waals surface area contributed by atoms with Crippen molar-refractivity contribution < 1.29 is 4.92 Å². The van der Waals surface area contributed by atoms with Crippen LogP contribution in [0.4, 0.5) is 5.82 Å². The molecule has 2 aromatic rings. The molecule has 2 rings (SSSR count). The summed E-state index contributed by atoms with van der Waals surface area (Å²) < 4.78 is 3.44. The minimum atomic E-state index is -0.973. The zero-order valence-corrected chi connectivity index (χ0v) is 21.0. The Balaban J connectivity index is 2.29. The molecule has 0 atom stereocenters. The van der Waals surface area contributed by atoms with Crippen molar-refractivity contribution in [1.82, 2.24) is 20.0 Å². The Hall–Kier alpha value is -1.51. The summed E-state index contributed by atoms with van der Waals surface area (Å²) >= 11 is -0.973. The van der Waals surface area contributed by atoms with Gasteiger partial charge in [-0.2, -0.15) is 0 Å². The molecule has 2 heterocycles. The van der Waals surface area contributed by atoms with E-state index >= 15 is 0 Å². The van der Waals surface area contributed by atoms with E-state index in [1.54, 1.807) is 10.7 Å². The van der Waals surface area contributed by atoms with E-state index in [1.165, 1.54) is 73.8 Å². The fraction of sp³-hybridized carbons (Fsp3) is 0.667. The molecular formula is C21H33N5O2Sn. The molecule has 8 heteroatoms. The summed E-state index contributed by atoms with van der Waals surface area (Å²) in [5.41, 5.74) is 1.80. The van der Waals surface area contributed by atoms with Gasteiger partial charge in [0.15, 0.2) is 0 Å². The van der Waals surface area contributed by atoms with Gasteiger partial charge in [0.25, 0.3) is 0 Å². The third kappa shape index (κ3) is 6.49. The van der Waals surface area contributed by atoms with E-state index in [0.717, 1.165) is 11.4 Å². The van der Waals surface area contributed by atoms with Crippen molar-refractivity contribution in [2.24, 2.45) is 0 Å². The van der Waals surface area contributed by atoms with Crippen LogP contribution in [0.1, 0.15) is 84.3 Å².